The normalized spacial score (nSPS) is 26.1. The van der Waals surface area contributed by atoms with Crippen molar-refractivity contribution < 1.29 is 17.9 Å². The molecule has 1 aliphatic carbocycles. The van der Waals surface area contributed by atoms with E-state index in [0.717, 1.165) is 44.9 Å². The van der Waals surface area contributed by atoms with Gasteiger partial charge in [0.1, 0.15) is 10.6 Å². The molecule has 2 aliphatic rings. The Morgan fingerprint density at radius 2 is 1.82 bits per heavy atom. The van der Waals surface area contributed by atoms with Gasteiger partial charge in [0.2, 0.25) is 10.0 Å². The zero-order chi connectivity index (χ0) is 20.3. The van der Waals surface area contributed by atoms with Gasteiger partial charge in [0, 0.05) is 24.2 Å². The van der Waals surface area contributed by atoms with E-state index in [0.29, 0.717) is 18.0 Å². The average molecular weight is 409 g/mol. The molecule has 1 amide bonds. The zero-order valence-corrected chi connectivity index (χ0v) is 17.9. The molecule has 3 unspecified atom stereocenters. The highest BCUT2D eigenvalue weighted by molar-refractivity contribution is 7.89. The standard InChI is InChI=1S/C21H32N2O4S/c1-15-8-4-5-10-18(15)22-28(25,26)20-14-17(11-12-19(20)27-3)21(24)23-13-7-6-9-16(23)2/h11-12,14-16,18,22H,4-10,13H2,1-3H3. The Morgan fingerprint density at radius 1 is 1.11 bits per heavy atom. The minimum atomic E-state index is -3.78. The molecule has 1 saturated heterocycles. The van der Waals surface area contributed by atoms with Gasteiger partial charge in [0.05, 0.1) is 7.11 Å². The van der Waals surface area contributed by atoms with E-state index in [1.165, 1.54) is 13.2 Å². The number of rotatable bonds is 5. The number of carbonyl (C=O) groups is 1. The van der Waals surface area contributed by atoms with Crippen LogP contribution in [0.3, 0.4) is 0 Å². The summed E-state index contributed by atoms with van der Waals surface area (Å²) in [6, 6.07) is 4.80. The molecular formula is C21H32N2O4S. The van der Waals surface area contributed by atoms with Gasteiger partial charge >= 0.3 is 0 Å². The van der Waals surface area contributed by atoms with Crippen molar-refractivity contribution in [1.29, 1.82) is 0 Å². The number of ether oxygens (including phenoxy) is 1. The fourth-order valence-electron chi connectivity index (χ4n) is 4.34. The summed E-state index contributed by atoms with van der Waals surface area (Å²) in [6.07, 6.45) is 7.12. The summed E-state index contributed by atoms with van der Waals surface area (Å²) in [5.74, 6) is 0.449. The molecule has 28 heavy (non-hydrogen) atoms. The smallest absolute Gasteiger partial charge is 0.254 e. The van der Waals surface area contributed by atoms with E-state index < -0.39 is 10.0 Å². The molecule has 1 aromatic carbocycles. The molecule has 3 rings (SSSR count). The number of methoxy groups -OCH3 is 1. The van der Waals surface area contributed by atoms with Crippen molar-refractivity contribution >= 4 is 15.9 Å². The number of likely N-dealkylation sites (tertiary alicyclic amines) is 1. The second-order valence-electron chi connectivity index (χ2n) is 8.20. The van der Waals surface area contributed by atoms with Gasteiger partial charge in [-0.3, -0.25) is 4.79 Å². The average Bonchev–Trinajstić information content (AvgIpc) is 2.69. The van der Waals surface area contributed by atoms with Crippen molar-refractivity contribution in [2.24, 2.45) is 5.92 Å². The lowest BCUT2D eigenvalue weighted by molar-refractivity contribution is 0.0635. The molecule has 0 aromatic heterocycles. The van der Waals surface area contributed by atoms with E-state index in [4.69, 9.17) is 4.74 Å². The van der Waals surface area contributed by atoms with Gasteiger partial charge in [-0.25, -0.2) is 13.1 Å². The summed E-state index contributed by atoms with van der Waals surface area (Å²) < 4.78 is 34.4. The molecule has 1 aliphatic heterocycles. The highest BCUT2D eigenvalue weighted by Crippen LogP contribution is 2.30. The first-order valence-corrected chi connectivity index (χ1v) is 11.8. The number of sulfonamides is 1. The molecule has 156 valence electrons. The molecule has 1 saturated carbocycles. The van der Waals surface area contributed by atoms with Crippen LogP contribution in [-0.4, -0.2) is 45.0 Å². The second-order valence-corrected chi connectivity index (χ2v) is 9.88. The summed E-state index contributed by atoms with van der Waals surface area (Å²) in [5.41, 5.74) is 0.395. The number of amides is 1. The van der Waals surface area contributed by atoms with E-state index in [1.54, 1.807) is 12.1 Å². The molecule has 1 heterocycles. The van der Waals surface area contributed by atoms with Gasteiger partial charge in [0.15, 0.2) is 0 Å². The van der Waals surface area contributed by atoms with Crippen LogP contribution in [-0.2, 0) is 10.0 Å². The van der Waals surface area contributed by atoms with Crippen molar-refractivity contribution in [2.75, 3.05) is 13.7 Å². The minimum Gasteiger partial charge on any atom is -0.495 e. The van der Waals surface area contributed by atoms with Gasteiger partial charge in [-0.2, -0.15) is 0 Å². The third kappa shape index (κ3) is 4.51. The van der Waals surface area contributed by atoms with E-state index in [-0.39, 0.29) is 28.6 Å². The molecule has 6 nitrogen and oxygen atoms in total. The van der Waals surface area contributed by atoms with E-state index in [9.17, 15) is 13.2 Å². The first-order valence-electron chi connectivity index (χ1n) is 10.3. The lowest BCUT2D eigenvalue weighted by Crippen LogP contribution is -2.42. The van der Waals surface area contributed by atoms with Gasteiger partial charge < -0.3 is 9.64 Å². The molecule has 0 radical (unpaired) electrons. The van der Waals surface area contributed by atoms with E-state index in [1.807, 2.05) is 11.8 Å². The molecule has 1 aromatic rings. The molecular weight excluding hydrogens is 376 g/mol. The summed E-state index contributed by atoms with van der Waals surface area (Å²) >= 11 is 0. The predicted molar refractivity (Wildman–Crippen MR) is 109 cm³/mol. The Labute approximate surface area is 168 Å². The monoisotopic (exact) mass is 408 g/mol. The molecule has 2 fully saturated rings. The van der Waals surface area contributed by atoms with Crippen LogP contribution < -0.4 is 9.46 Å². The van der Waals surface area contributed by atoms with Gasteiger partial charge in [-0.15, -0.1) is 0 Å². The Balaban J connectivity index is 1.89. The van der Waals surface area contributed by atoms with E-state index in [2.05, 4.69) is 11.6 Å². The highest BCUT2D eigenvalue weighted by Gasteiger charge is 2.30. The van der Waals surface area contributed by atoms with Crippen molar-refractivity contribution in [3.8, 4) is 5.75 Å². The van der Waals surface area contributed by atoms with E-state index >= 15 is 0 Å². The lowest BCUT2D eigenvalue weighted by Gasteiger charge is -2.33. The van der Waals surface area contributed by atoms with Crippen LogP contribution in [0.25, 0.3) is 0 Å². The molecule has 1 N–H and O–H groups in total. The first kappa shape index (κ1) is 21.1. The van der Waals surface area contributed by atoms with Gasteiger partial charge in [0.25, 0.3) is 5.91 Å². The van der Waals surface area contributed by atoms with Crippen LogP contribution in [0.15, 0.2) is 23.1 Å². The maximum Gasteiger partial charge on any atom is 0.254 e. The largest absolute Gasteiger partial charge is 0.495 e. The maximum atomic E-state index is 13.1. The van der Waals surface area contributed by atoms with Gasteiger partial charge in [-0.05, 0) is 63.1 Å². The Hall–Kier alpha value is -1.60. The SMILES string of the molecule is COc1ccc(C(=O)N2CCCCC2C)cc1S(=O)(=O)NC1CCCCC1C. The Kier molecular flexibility index (Phi) is 6.65. The van der Waals surface area contributed by atoms with Crippen LogP contribution >= 0.6 is 0 Å². The second kappa shape index (κ2) is 8.82. The van der Waals surface area contributed by atoms with Crippen LogP contribution in [0.4, 0.5) is 0 Å². The first-order chi connectivity index (χ1) is 13.3. The van der Waals surface area contributed by atoms with Gasteiger partial charge in [-0.1, -0.05) is 19.8 Å². The third-order valence-electron chi connectivity index (χ3n) is 6.18. The van der Waals surface area contributed by atoms with Crippen LogP contribution in [0.2, 0.25) is 0 Å². The summed E-state index contributed by atoms with van der Waals surface area (Å²) in [5, 5.41) is 0. The van der Waals surface area contributed by atoms with Crippen molar-refractivity contribution in [2.45, 2.75) is 75.8 Å². The number of hydrogen-bond donors (Lipinski definition) is 1. The van der Waals surface area contributed by atoms with Crippen molar-refractivity contribution in [3.05, 3.63) is 23.8 Å². The van der Waals surface area contributed by atoms with Crippen molar-refractivity contribution in [3.63, 3.8) is 0 Å². The number of benzene rings is 1. The molecule has 0 bridgehead atoms. The Morgan fingerprint density at radius 3 is 2.50 bits per heavy atom. The zero-order valence-electron chi connectivity index (χ0n) is 17.1. The van der Waals surface area contributed by atoms with Crippen LogP contribution in [0.5, 0.6) is 5.75 Å². The summed E-state index contributed by atoms with van der Waals surface area (Å²) in [6.45, 7) is 4.84. The number of nitrogens with zero attached hydrogens (tertiary/aromatic N) is 1. The quantitative estimate of drug-likeness (QED) is 0.808. The van der Waals surface area contributed by atoms with Crippen molar-refractivity contribution in [1.82, 2.24) is 9.62 Å². The number of carbonyl (C=O) groups excluding carboxylic acids is 1. The fraction of sp³-hybridized carbons (Fsp3) is 0.667. The van der Waals surface area contributed by atoms with Crippen LogP contribution in [0, 0.1) is 5.92 Å². The summed E-state index contributed by atoms with van der Waals surface area (Å²) in [4.78, 5) is 14.9. The lowest BCUT2D eigenvalue weighted by atomic mass is 9.87. The third-order valence-corrected chi connectivity index (χ3v) is 7.69. The topological polar surface area (TPSA) is 75.7 Å². The summed E-state index contributed by atoms with van der Waals surface area (Å²) in [7, 11) is -2.33. The number of piperidine rings is 1. The maximum absolute atomic E-state index is 13.1. The Bertz CT molecular complexity index is 809. The highest BCUT2D eigenvalue weighted by atomic mass is 32.2. The van der Waals surface area contributed by atoms with Crippen LogP contribution in [0.1, 0.15) is 69.2 Å². The fourth-order valence-corrected chi connectivity index (χ4v) is 5.91. The number of hydrogen-bond acceptors (Lipinski definition) is 4. The molecule has 7 heteroatoms. The number of nitrogens with one attached hydrogen (secondary N) is 1. The molecule has 3 atom stereocenters. The molecule has 0 spiro atoms. The minimum absolute atomic E-state index is 0.0447. The predicted octanol–water partition coefficient (Wildman–Crippen LogP) is 3.57.